The second kappa shape index (κ2) is 7.78. The molecule has 1 rings (SSSR count). The Bertz CT molecular complexity index is 473. The summed E-state index contributed by atoms with van der Waals surface area (Å²) in [4.78, 5) is 33.6. The van der Waals surface area contributed by atoms with Crippen LogP contribution in [0.25, 0.3) is 0 Å². The molecule has 0 spiro atoms. The summed E-state index contributed by atoms with van der Waals surface area (Å²) in [5.41, 5.74) is 0.741. The largest absolute Gasteiger partial charge is 0.479 e. The van der Waals surface area contributed by atoms with Crippen LogP contribution in [0.1, 0.15) is 12.5 Å². The van der Waals surface area contributed by atoms with Crippen molar-refractivity contribution in [2.75, 3.05) is 6.61 Å². The third-order valence-electron chi connectivity index (χ3n) is 2.24. The van der Waals surface area contributed by atoms with E-state index >= 15 is 0 Å². The highest BCUT2D eigenvalue weighted by Crippen LogP contribution is 2.01. The maximum atomic E-state index is 11.4. The predicted octanol–water partition coefficient (Wildman–Crippen LogP) is 0.929. The Morgan fingerprint density at radius 3 is 2.40 bits per heavy atom. The molecule has 0 heterocycles. The number of benzene rings is 1. The quantitative estimate of drug-likeness (QED) is 0.594. The molecule has 0 aliphatic heterocycles. The topological polar surface area (TPSA) is 102 Å². The first-order chi connectivity index (χ1) is 9.54. The molecule has 0 fully saturated rings. The minimum absolute atomic E-state index is 0.0172. The van der Waals surface area contributed by atoms with Crippen molar-refractivity contribution in [3.63, 3.8) is 0 Å². The van der Waals surface area contributed by atoms with Crippen LogP contribution in [-0.2, 0) is 25.7 Å². The third kappa shape index (κ3) is 4.97. The molecule has 0 saturated carbocycles. The number of hydrogen-bond donors (Lipinski definition) is 2. The lowest BCUT2D eigenvalue weighted by Gasteiger charge is -2.13. The van der Waals surface area contributed by atoms with E-state index in [1.807, 2.05) is 11.4 Å². The molecule has 1 unspecified atom stereocenters. The lowest BCUT2D eigenvalue weighted by Crippen LogP contribution is -2.47. The SMILES string of the molecule is CCOC(=O)C(NC(=O)OCc1ccccc1)C(=O)O. The van der Waals surface area contributed by atoms with Gasteiger partial charge in [0.05, 0.1) is 6.61 Å². The van der Waals surface area contributed by atoms with Crippen LogP contribution in [0.15, 0.2) is 30.3 Å². The maximum Gasteiger partial charge on any atom is 0.408 e. The highest BCUT2D eigenvalue weighted by molar-refractivity contribution is 6.00. The van der Waals surface area contributed by atoms with Gasteiger partial charge in [0, 0.05) is 0 Å². The molecule has 1 atom stereocenters. The number of esters is 1. The van der Waals surface area contributed by atoms with E-state index in [9.17, 15) is 14.4 Å². The zero-order valence-corrected chi connectivity index (χ0v) is 10.9. The number of aliphatic carboxylic acids is 1. The molecule has 1 amide bonds. The Labute approximate surface area is 115 Å². The van der Waals surface area contributed by atoms with Crippen molar-refractivity contribution in [3.05, 3.63) is 35.9 Å². The van der Waals surface area contributed by atoms with Crippen LogP contribution >= 0.6 is 0 Å². The molecular formula is C13H15NO6. The molecular weight excluding hydrogens is 266 g/mol. The van der Waals surface area contributed by atoms with Gasteiger partial charge in [-0.25, -0.2) is 14.4 Å². The van der Waals surface area contributed by atoms with Crippen molar-refractivity contribution in [3.8, 4) is 0 Å². The number of hydrogen-bond acceptors (Lipinski definition) is 5. The van der Waals surface area contributed by atoms with Crippen LogP contribution in [-0.4, -0.2) is 35.8 Å². The monoisotopic (exact) mass is 281 g/mol. The zero-order chi connectivity index (χ0) is 15.0. The first-order valence-corrected chi connectivity index (χ1v) is 5.91. The smallest absolute Gasteiger partial charge is 0.408 e. The first-order valence-electron chi connectivity index (χ1n) is 5.91. The first kappa shape index (κ1) is 15.5. The second-order valence-corrected chi connectivity index (χ2v) is 3.73. The van der Waals surface area contributed by atoms with Gasteiger partial charge in [-0.15, -0.1) is 0 Å². The molecule has 20 heavy (non-hydrogen) atoms. The van der Waals surface area contributed by atoms with Gasteiger partial charge in [0.25, 0.3) is 0 Å². The van der Waals surface area contributed by atoms with Crippen LogP contribution < -0.4 is 5.32 Å². The molecule has 0 aliphatic carbocycles. The highest BCUT2D eigenvalue weighted by atomic mass is 16.6. The number of rotatable bonds is 6. The van der Waals surface area contributed by atoms with Crippen molar-refractivity contribution >= 4 is 18.0 Å². The fourth-order valence-corrected chi connectivity index (χ4v) is 1.33. The molecule has 0 bridgehead atoms. The van der Waals surface area contributed by atoms with Crippen molar-refractivity contribution in [1.29, 1.82) is 0 Å². The fraction of sp³-hybridized carbons (Fsp3) is 0.308. The van der Waals surface area contributed by atoms with E-state index in [2.05, 4.69) is 4.74 Å². The summed E-state index contributed by atoms with van der Waals surface area (Å²) in [7, 11) is 0. The van der Waals surface area contributed by atoms with E-state index in [0.29, 0.717) is 0 Å². The summed E-state index contributed by atoms with van der Waals surface area (Å²) in [5, 5.41) is 10.8. The van der Waals surface area contributed by atoms with Gasteiger partial charge in [-0.3, -0.25) is 5.32 Å². The van der Waals surface area contributed by atoms with E-state index < -0.39 is 24.1 Å². The Kier molecular flexibility index (Phi) is 6.02. The molecule has 1 aromatic rings. The van der Waals surface area contributed by atoms with Gasteiger partial charge in [0.2, 0.25) is 6.04 Å². The molecule has 7 nitrogen and oxygen atoms in total. The van der Waals surface area contributed by atoms with Crippen molar-refractivity contribution in [2.24, 2.45) is 0 Å². The van der Waals surface area contributed by atoms with E-state index in [-0.39, 0.29) is 13.2 Å². The fourth-order valence-electron chi connectivity index (χ4n) is 1.33. The Morgan fingerprint density at radius 2 is 1.85 bits per heavy atom. The summed E-state index contributed by atoms with van der Waals surface area (Å²) < 4.78 is 9.35. The Morgan fingerprint density at radius 1 is 1.20 bits per heavy atom. The number of alkyl carbamates (subject to hydrolysis) is 1. The van der Waals surface area contributed by atoms with Gasteiger partial charge in [0.15, 0.2) is 0 Å². The normalized spacial score (nSPS) is 11.2. The number of carboxylic acids is 1. The molecule has 0 radical (unpaired) electrons. The number of nitrogens with one attached hydrogen (secondary N) is 1. The van der Waals surface area contributed by atoms with Crippen molar-refractivity contribution in [2.45, 2.75) is 19.6 Å². The van der Waals surface area contributed by atoms with E-state index in [4.69, 9.17) is 9.84 Å². The van der Waals surface area contributed by atoms with Crippen LogP contribution in [0.4, 0.5) is 4.79 Å². The molecule has 0 saturated heterocycles. The number of amides is 1. The number of carbonyl (C=O) groups excluding carboxylic acids is 2. The van der Waals surface area contributed by atoms with Crippen LogP contribution in [0.2, 0.25) is 0 Å². The van der Waals surface area contributed by atoms with Gasteiger partial charge in [-0.2, -0.15) is 0 Å². The van der Waals surface area contributed by atoms with Gasteiger partial charge < -0.3 is 14.6 Å². The Balaban J connectivity index is 2.50. The van der Waals surface area contributed by atoms with Gasteiger partial charge in [-0.1, -0.05) is 30.3 Å². The van der Waals surface area contributed by atoms with E-state index in [0.717, 1.165) is 5.56 Å². The molecule has 2 N–H and O–H groups in total. The summed E-state index contributed by atoms with van der Waals surface area (Å²) in [6.07, 6.45) is -1.01. The van der Waals surface area contributed by atoms with Gasteiger partial charge >= 0.3 is 18.0 Å². The van der Waals surface area contributed by atoms with E-state index in [1.165, 1.54) is 6.92 Å². The predicted molar refractivity (Wildman–Crippen MR) is 67.8 cm³/mol. The second-order valence-electron chi connectivity index (χ2n) is 3.73. The summed E-state index contributed by atoms with van der Waals surface area (Å²) in [5.74, 6) is -2.56. The summed E-state index contributed by atoms with van der Waals surface area (Å²) >= 11 is 0. The lowest BCUT2D eigenvalue weighted by molar-refractivity contribution is -0.154. The average molecular weight is 281 g/mol. The molecule has 108 valence electrons. The van der Waals surface area contributed by atoms with E-state index in [1.54, 1.807) is 24.3 Å². The minimum atomic E-state index is -1.78. The lowest BCUT2D eigenvalue weighted by atomic mass is 10.2. The standard InChI is InChI=1S/C13H15NO6/c1-2-19-12(17)10(11(15)16)14-13(18)20-8-9-6-4-3-5-7-9/h3-7,10H,2,8H2,1H3,(H,14,18)(H,15,16). The summed E-state index contributed by atoms with van der Waals surface area (Å²) in [6.45, 7) is 1.52. The highest BCUT2D eigenvalue weighted by Gasteiger charge is 2.30. The molecule has 7 heteroatoms. The molecule has 1 aromatic carbocycles. The van der Waals surface area contributed by atoms with Crippen molar-refractivity contribution < 1.29 is 29.0 Å². The maximum absolute atomic E-state index is 11.4. The number of ether oxygens (including phenoxy) is 2. The van der Waals surface area contributed by atoms with Gasteiger partial charge in [-0.05, 0) is 12.5 Å². The number of carbonyl (C=O) groups is 3. The Hall–Kier alpha value is -2.57. The van der Waals surface area contributed by atoms with Crippen molar-refractivity contribution in [1.82, 2.24) is 5.32 Å². The van der Waals surface area contributed by atoms with Gasteiger partial charge in [0.1, 0.15) is 6.61 Å². The average Bonchev–Trinajstić information content (AvgIpc) is 2.43. The third-order valence-corrected chi connectivity index (χ3v) is 2.24. The zero-order valence-electron chi connectivity index (χ0n) is 10.9. The minimum Gasteiger partial charge on any atom is -0.479 e. The molecule has 0 aliphatic rings. The van der Waals surface area contributed by atoms with Crippen LogP contribution in [0.3, 0.4) is 0 Å². The van der Waals surface area contributed by atoms with Crippen LogP contribution in [0.5, 0.6) is 0 Å². The summed E-state index contributed by atoms with van der Waals surface area (Å²) in [6, 6.07) is 7.06. The number of carboxylic acid groups (broad SMARTS) is 1. The molecule has 0 aromatic heterocycles. The van der Waals surface area contributed by atoms with Crippen LogP contribution in [0, 0.1) is 0 Å².